The van der Waals surface area contributed by atoms with E-state index < -0.39 is 5.60 Å². The highest BCUT2D eigenvalue weighted by molar-refractivity contribution is 9.11. The summed E-state index contributed by atoms with van der Waals surface area (Å²) in [6, 6.07) is 4.11. The highest BCUT2D eigenvalue weighted by atomic mass is 79.9. The van der Waals surface area contributed by atoms with E-state index in [-0.39, 0.29) is 0 Å². The largest absolute Gasteiger partial charge is 0.390 e. The molecule has 2 nitrogen and oxygen atoms in total. The fourth-order valence-electron chi connectivity index (χ4n) is 1.57. The van der Waals surface area contributed by atoms with Crippen LogP contribution in [-0.2, 0) is 6.42 Å². The molecule has 0 amide bonds. The molecule has 0 aliphatic heterocycles. The molecular weight excluding hydrogens is 286 g/mol. The lowest BCUT2D eigenvalue weighted by Crippen LogP contribution is -2.32. The van der Waals surface area contributed by atoms with Gasteiger partial charge in [-0.15, -0.1) is 11.3 Å². The van der Waals surface area contributed by atoms with E-state index in [1.54, 1.807) is 11.3 Å². The summed E-state index contributed by atoms with van der Waals surface area (Å²) >= 11 is 5.13. The summed E-state index contributed by atoms with van der Waals surface area (Å²) in [4.78, 5) is 1.23. The van der Waals surface area contributed by atoms with Crippen molar-refractivity contribution in [2.45, 2.75) is 38.7 Å². The monoisotopic (exact) mass is 305 g/mol. The molecule has 1 unspecified atom stereocenters. The first-order chi connectivity index (χ1) is 7.53. The van der Waals surface area contributed by atoms with Crippen LogP contribution in [-0.4, -0.2) is 23.8 Å². The van der Waals surface area contributed by atoms with Gasteiger partial charge in [0.15, 0.2) is 0 Å². The van der Waals surface area contributed by atoms with Gasteiger partial charge in [0.2, 0.25) is 0 Å². The van der Waals surface area contributed by atoms with E-state index in [2.05, 4.69) is 34.2 Å². The van der Waals surface area contributed by atoms with Crippen LogP contribution < -0.4 is 5.32 Å². The number of rotatable bonds is 7. The van der Waals surface area contributed by atoms with E-state index in [4.69, 9.17) is 0 Å². The van der Waals surface area contributed by atoms with Gasteiger partial charge in [-0.2, -0.15) is 0 Å². The molecule has 1 aromatic heterocycles. The number of hydrogen-bond donors (Lipinski definition) is 2. The standard InChI is InChI=1S/C12H20BrNOS/c1-3-7-14-8-6-12(2,15)9-10-4-5-11(13)16-10/h4-5,14-15H,3,6-9H2,1-2H3. The molecule has 1 rings (SSSR count). The van der Waals surface area contributed by atoms with Crippen molar-refractivity contribution in [3.05, 3.63) is 20.8 Å². The lowest BCUT2D eigenvalue weighted by atomic mass is 9.97. The Kier molecular flexibility index (Phi) is 5.97. The van der Waals surface area contributed by atoms with Crippen LogP contribution in [0.3, 0.4) is 0 Å². The van der Waals surface area contributed by atoms with Crippen LogP contribution in [0.2, 0.25) is 0 Å². The molecule has 92 valence electrons. The van der Waals surface area contributed by atoms with Gasteiger partial charge < -0.3 is 10.4 Å². The summed E-state index contributed by atoms with van der Waals surface area (Å²) in [6.07, 6.45) is 2.67. The number of hydrogen-bond acceptors (Lipinski definition) is 3. The van der Waals surface area contributed by atoms with Gasteiger partial charge in [0.25, 0.3) is 0 Å². The topological polar surface area (TPSA) is 32.3 Å². The zero-order valence-corrected chi connectivity index (χ0v) is 12.3. The molecule has 16 heavy (non-hydrogen) atoms. The van der Waals surface area contributed by atoms with Crippen molar-refractivity contribution in [1.29, 1.82) is 0 Å². The zero-order chi connectivity index (χ0) is 12.0. The van der Waals surface area contributed by atoms with Crippen molar-refractivity contribution >= 4 is 27.3 Å². The maximum Gasteiger partial charge on any atom is 0.0701 e. The van der Waals surface area contributed by atoms with Crippen molar-refractivity contribution in [1.82, 2.24) is 5.32 Å². The second kappa shape index (κ2) is 6.74. The van der Waals surface area contributed by atoms with Crippen LogP contribution in [0.4, 0.5) is 0 Å². The molecule has 1 aromatic rings. The number of aliphatic hydroxyl groups is 1. The van der Waals surface area contributed by atoms with E-state index in [0.29, 0.717) is 0 Å². The first-order valence-electron chi connectivity index (χ1n) is 5.71. The van der Waals surface area contributed by atoms with E-state index in [1.165, 1.54) is 4.88 Å². The van der Waals surface area contributed by atoms with Gasteiger partial charge in [-0.25, -0.2) is 0 Å². The van der Waals surface area contributed by atoms with Gasteiger partial charge in [0.1, 0.15) is 0 Å². The summed E-state index contributed by atoms with van der Waals surface area (Å²) in [5, 5.41) is 13.5. The van der Waals surface area contributed by atoms with Crippen molar-refractivity contribution in [3.8, 4) is 0 Å². The van der Waals surface area contributed by atoms with Crippen LogP contribution >= 0.6 is 27.3 Å². The molecule has 0 saturated carbocycles. The van der Waals surface area contributed by atoms with Gasteiger partial charge in [-0.3, -0.25) is 0 Å². The van der Waals surface area contributed by atoms with Crippen LogP contribution in [0.15, 0.2) is 15.9 Å². The van der Waals surface area contributed by atoms with Crippen LogP contribution in [0.1, 0.15) is 31.6 Å². The van der Waals surface area contributed by atoms with Crippen molar-refractivity contribution in [2.75, 3.05) is 13.1 Å². The van der Waals surface area contributed by atoms with Crippen LogP contribution in [0.5, 0.6) is 0 Å². The molecule has 0 radical (unpaired) electrons. The fourth-order valence-corrected chi connectivity index (χ4v) is 3.23. The minimum Gasteiger partial charge on any atom is -0.390 e. The minimum atomic E-state index is -0.606. The molecule has 0 bridgehead atoms. The second-order valence-corrected chi connectivity index (χ2v) is 6.93. The summed E-state index contributed by atoms with van der Waals surface area (Å²) < 4.78 is 1.13. The first-order valence-corrected chi connectivity index (χ1v) is 7.32. The van der Waals surface area contributed by atoms with E-state index in [9.17, 15) is 5.11 Å². The molecular formula is C12H20BrNOS. The average molecular weight is 306 g/mol. The Labute approximate surface area is 110 Å². The third-order valence-corrected chi connectivity index (χ3v) is 4.07. The Morgan fingerprint density at radius 1 is 1.44 bits per heavy atom. The lowest BCUT2D eigenvalue weighted by molar-refractivity contribution is 0.0524. The maximum atomic E-state index is 10.2. The summed E-state index contributed by atoms with van der Waals surface area (Å²) in [6.45, 7) is 5.97. The van der Waals surface area contributed by atoms with E-state index in [0.717, 1.165) is 36.1 Å². The fraction of sp³-hybridized carbons (Fsp3) is 0.667. The molecule has 4 heteroatoms. The molecule has 0 aliphatic carbocycles. The molecule has 1 atom stereocenters. The Bertz CT molecular complexity index is 312. The highest BCUT2D eigenvalue weighted by Gasteiger charge is 2.21. The van der Waals surface area contributed by atoms with E-state index >= 15 is 0 Å². The van der Waals surface area contributed by atoms with Gasteiger partial charge >= 0.3 is 0 Å². The zero-order valence-electron chi connectivity index (χ0n) is 9.92. The predicted molar refractivity (Wildman–Crippen MR) is 74.1 cm³/mol. The Morgan fingerprint density at radius 2 is 2.19 bits per heavy atom. The minimum absolute atomic E-state index is 0.606. The predicted octanol–water partition coefficient (Wildman–Crippen LogP) is 3.19. The Hall–Kier alpha value is 0.1000. The second-order valence-electron chi connectivity index (χ2n) is 4.38. The third kappa shape index (κ3) is 5.43. The summed E-state index contributed by atoms with van der Waals surface area (Å²) in [7, 11) is 0. The third-order valence-electron chi connectivity index (χ3n) is 2.45. The molecule has 0 aliphatic rings. The Balaban J connectivity index is 2.33. The van der Waals surface area contributed by atoms with E-state index in [1.807, 2.05) is 13.0 Å². The molecule has 2 N–H and O–H groups in total. The van der Waals surface area contributed by atoms with Crippen molar-refractivity contribution in [2.24, 2.45) is 0 Å². The molecule has 0 saturated heterocycles. The van der Waals surface area contributed by atoms with Gasteiger partial charge in [0, 0.05) is 11.3 Å². The summed E-state index contributed by atoms with van der Waals surface area (Å²) in [5.74, 6) is 0. The molecule has 1 heterocycles. The smallest absolute Gasteiger partial charge is 0.0701 e. The Morgan fingerprint density at radius 3 is 2.75 bits per heavy atom. The van der Waals surface area contributed by atoms with Gasteiger partial charge in [-0.05, 0) is 60.9 Å². The van der Waals surface area contributed by atoms with Crippen molar-refractivity contribution in [3.63, 3.8) is 0 Å². The van der Waals surface area contributed by atoms with Crippen LogP contribution in [0.25, 0.3) is 0 Å². The maximum absolute atomic E-state index is 10.2. The van der Waals surface area contributed by atoms with Crippen molar-refractivity contribution < 1.29 is 5.11 Å². The van der Waals surface area contributed by atoms with Gasteiger partial charge in [-0.1, -0.05) is 6.92 Å². The molecule has 0 fully saturated rings. The summed E-state index contributed by atoms with van der Waals surface area (Å²) in [5.41, 5.74) is -0.606. The number of thiophene rings is 1. The number of halogens is 1. The van der Waals surface area contributed by atoms with Crippen LogP contribution in [0, 0.1) is 0 Å². The SMILES string of the molecule is CCCNCCC(C)(O)Cc1ccc(Br)s1. The average Bonchev–Trinajstić information content (AvgIpc) is 2.58. The normalized spacial score (nSPS) is 15.0. The quantitative estimate of drug-likeness (QED) is 0.758. The molecule has 0 spiro atoms. The lowest BCUT2D eigenvalue weighted by Gasteiger charge is -2.22. The number of nitrogens with one attached hydrogen (secondary N) is 1. The van der Waals surface area contributed by atoms with Gasteiger partial charge in [0.05, 0.1) is 9.39 Å². The highest BCUT2D eigenvalue weighted by Crippen LogP contribution is 2.26. The molecule has 0 aromatic carbocycles. The first kappa shape index (κ1) is 14.2.